The summed E-state index contributed by atoms with van der Waals surface area (Å²) in [4.78, 5) is 20.1. The number of anilines is 1. The van der Waals surface area contributed by atoms with E-state index in [9.17, 15) is 23.2 Å². The lowest BCUT2D eigenvalue weighted by atomic mass is 9.85. The van der Waals surface area contributed by atoms with Crippen molar-refractivity contribution in [2.45, 2.75) is 55.4 Å². The van der Waals surface area contributed by atoms with Gasteiger partial charge in [-0.15, -0.1) is 0 Å². The van der Waals surface area contributed by atoms with Gasteiger partial charge in [-0.05, 0) is 61.1 Å². The van der Waals surface area contributed by atoms with E-state index < -0.39 is 29.2 Å². The lowest BCUT2D eigenvalue weighted by Gasteiger charge is -2.35. The number of carbonyl (C=O) groups is 1. The van der Waals surface area contributed by atoms with Crippen molar-refractivity contribution in [2.75, 3.05) is 78.2 Å². The van der Waals surface area contributed by atoms with Gasteiger partial charge in [0, 0.05) is 95.0 Å². The number of hydrogen-bond acceptors (Lipinski definition) is 7. The SMILES string of the molecule is COC[C@H]1CN(C(=O)[C@]2(F)CN(C3CCOCC3)C[C@H]2c2ccc(OC)cc2)C[C@@H]1c1ccc(C(F)(F)F)cc1N1CCC(C#N)CC1. The van der Waals surface area contributed by atoms with Gasteiger partial charge in [-0.25, -0.2) is 4.39 Å². The normalized spacial score (nSPS) is 27.7. The summed E-state index contributed by atoms with van der Waals surface area (Å²) in [5, 5.41) is 9.40. The van der Waals surface area contributed by atoms with Crippen LogP contribution in [0.25, 0.3) is 0 Å². The molecule has 0 saturated carbocycles. The third kappa shape index (κ3) is 6.87. The molecule has 0 radical (unpaired) electrons. The van der Waals surface area contributed by atoms with Crippen LogP contribution < -0.4 is 9.64 Å². The maximum atomic E-state index is 17.7. The first-order chi connectivity index (χ1) is 23.0. The van der Waals surface area contributed by atoms with Gasteiger partial charge in [0.15, 0.2) is 0 Å². The Hall–Kier alpha value is -3.40. The fourth-order valence-electron chi connectivity index (χ4n) is 8.19. The van der Waals surface area contributed by atoms with Crippen LogP contribution in [0.5, 0.6) is 5.75 Å². The van der Waals surface area contributed by atoms with Crippen LogP contribution in [-0.4, -0.2) is 101 Å². The molecule has 6 rings (SSSR count). The van der Waals surface area contributed by atoms with Gasteiger partial charge in [0.1, 0.15) is 5.75 Å². The highest BCUT2D eigenvalue weighted by Crippen LogP contribution is 2.46. The summed E-state index contributed by atoms with van der Waals surface area (Å²) in [6, 6.07) is 13.4. The second kappa shape index (κ2) is 14.2. The molecule has 0 spiro atoms. The van der Waals surface area contributed by atoms with E-state index in [1.54, 1.807) is 31.3 Å². The molecule has 0 N–H and O–H groups in total. The Bertz CT molecular complexity index is 1470. The predicted molar refractivity (Wildman–Crippen MR) is 172 cm³/mol. The number of rotatable bonds is 8. The molecule has 2 aromatic carbocycles. The molecule has 2 aromatic rings. The Kier molecular flexibility index (Phi) is 10.2. The van der Waals surface area contributed by atoms with Gasteiger partial charge in [-0.3, -0.25) is 9.69 Å². The van der Waals surface area contributed by atoms with Crippen LogP contribution in [0.15, 0.2) is 42.5 Å². The van der Waals surface area contributed by atoms with Crippen LogP contribution in [0.3, 0.4) is 0 Å². The lowest BCUT2D eigenvalue weighted by molar-refractivity contribution is -0.143. The smallest absolute Gasteiger partial charge is 0.416 e. The first kappa shape index (κ1) is 34.5. The van der Waals surface area contributed by atoms with Crippen molar-refractivity contribution in [1.82, 2.24) is 9.80 Å². The average Bonchev–Trinajstić information content (AvgIpc) is 3.69. The molecule has 48 heavy (non-hydrogen) atoms. The Morgan fingerprint density at radius 3 is 2.35 bits per heavy atom. The van der Waals surface area contributed by atoms with E-state index in [2.05, 4.69) is 11.0 Å². The summed E-state index contributed by atoms with van der Waals surface area (Å²) in [6.07, 6.45) is -1.88. The second-order valence-electron chi connectivity index (χ2n) is 13.7. The highest BCUT2D eigenvalue weighted by Gasteiger charge is 2.57. The first-order valence-electron chi connectivity index (χ1n) is 16.8. The van der Waals surface area contributed by atoms with Crippen molar-refractivity contribution >= 4 is 11.6 Å². The molecule has 4 aliphatic heterocycles. The lowest BCUT2D eigenvalue weighted by Crippen LogP contribution is -2.50. The molecule has 4 aliphatic rings. The topological polar surface area (TPSA) is 78.3 Å². The summed E-state index contributed by atoms with van der Waals surface area (Å²) in [7, 11) is 3.12. The minimum absolute atomic E-state index is 0.0390. The standard InChI is InChI=1S/C36H44F4N4O4/c1-46-22-26-19-43(20-31(26)30-8-5-27(36(38,39)40)17-33(30)42-13-9-24(18-41)10-14-42)34(45)35(37)23-44(28-11-15-48-16-12-28)21-32(35)25-3-6-29(47-2)7-4-25/h3-8,17,24,26,28,31-32H,9-16,19-23H2,1-2H3/t26-,31+,32+,35+/m1/s1. The summed E-state index contributed by atoms with van der Waals surface area (Å²) < 4.78 is 75.9. The van der Waals surface area contributed by atoms with Gasteiger partial charge in [0.2, 0.25) is 5.67 Å². The van der Waals surface area contributed by atoms with Crippen molar-refractivity contribution in [2.24, 2.45) is 11.8 Å². The Morgan fingerprint density at radius 1 is 1.02 bits per heavy atom. The largest absolute Gasteiger partial charge is 0.497 e. The van der Waals surface area contributed by atoms with Gasteiger partial charge >= 0.3 is 6.18 Å². The zero-order valence-corrected chi connectivity index (χ0v) is 27.6. The number of piperidine rings is 1. The molecule has 4 fully saturated rings. The van der Waals surface area contributed by atoms with Gasteiger partial charge in [0.05, 0.1) is 25.3 Å². The fraction of sp³-hybridized carbons (Fsp3) is 0.611. The van der Waals surface area contributed by atoms with Crippen molar-refractivity contribution in [3.05, 3.63) is 59.2 Å². The Morgan fingerprint density at radius 2 is 1.73 bits per heavy atom. The van der Waals surface area contributed by atoms with Crippen molar-refractivity contribution < 1.29 is 36.6 Å². The van der Waals surface area contributed by atoms with Crippen LogP contribution in [0.4, 0.5) is 23.2 Å². The minimum Gasteiger partial charge on any atom is -0.497 e. The molecule has 260 valence electrons. The number of methoxy groups -OCH3 is 2. The van der Waals surface area contributed by atoms with E-state index in [1.165, 1.54) is 12.1 Å². The minimum atomic E-state index is -4.53. The third-order valence-corrected chi connectivity index (χ3v) is 10.9. The zero-order valence-electron chi connectivity index (χ0n) is 27.6. The summed E-state index contributed by atoms with van der Waals surface area (Å²) in [5.74, 6) is -1.41. The van der Waals surface area contributed by atoms with Crippen molar-refractivity contribution in [3.8, 4) is 11.8 Å². The molecular formula is C36H44F4N4O4. The summed E-state index contributed by atoms with van der Waals surface area (Å²) in [6.45, 7) is 3.11. The van der Waals surface area contributed by atoms with Gasteiger partial charge in [-0.1, -0.05) is 18.2 Å². The molecule has 8 nitrogen and oxygen atoms in total. The highest BCUT2D eigenvalue weighted by atomic mass is 19.4. The fourth-order valence-corrected chi connectivity index (χ4v) is 8.19. The number of benzene rings is 2. The first-order valence-corrected chi connectivity index (χ1v) is 16.8. The van der Waals surface area contributed by atoms with Crippen molar-refractivity contribution in [1.29, 1.82) is 5.26 Å². The molecule has 12 heteroatoms. The molecule has 1 amide bonds. The monoisotopic (exact) mass is 672 g/mol. The van der Waals surface area contributed by atoms with Crippen molar-refractivity contribution in [3.63, 3.8) is 0 Å². The van der Waals surface area contributed by atoms with Crippen LogP contribution >= 0.6 is 0 Å². The van der Waals surface area contributed by atoms with E-state index in [1.807, 2.05) is 17.0 Å². The number of ether oxygens (including phenoxy) is 3. The number of amides is 1. The van der Waals surface area contributed by atoms with E-state index in [0.29, 0.717) is 62.7 Å². The van der Waals surface area contributed by atoms with Crippen LogP contribution in [0, 0.1) is 23.2 Å². The van der Waals surface area contributed by atoms with E-state index in [-0.39, 0.29) is 50.0 Å². The van der Waals surface area contributed by atoms with Crippen LogP contribution in [0.1, 0.15) is 54.2 Å². The van der Waals surface area contributed by atoms with Crippen LogP contribution in [0.2, 0.25) is 0 Å². The highest BCUT2D eigenvalue weighted by molar-refractivity contribution is 5.88. The molecule has 4 heterocycles. The third-order valence-electron chi connectivity index (χ3n) is 10.9. The zero-order chi connectivity index (χ0) is 34.1. The molecule has 4 atom stereocenters. The van der Waals surface area contributed by atoms with Crippen LogP contribution in [-0.2, 0) is 20.4 Å². The summed E-state index contributed by atoms with van der Waals surface area (Å²) >= 11 is 0. The molecule has 4 saturated heterocycles. The quantitative estimate of drug-likeness (QED) is 0.337. The number of nitrogens with zero attached hydrogens (tertiary/aromatic N) is 4. The van der Waals surface area contributed by atoms with E-state index in [0.717, 1.165) is 24.5 Å². The number of halogens is 4. The molecular weight excluding hydrogens is 628 g/mol. The average molecular weight is 673 g/mol. The molecule has 0 aromatic heterocycles. The Labute approximate surface area is 279 Å². The number of hydrogen-bond donors (Lipinski definition) is 0. The second-order valence-corrected chi connectivity index (χ2v) is 13.7. The number of likely N-dealkylation sites (tertiary alicyclic amines) is 2. The number of alkyl halides is 4. The van der Waals surface area contributed by atoms with Gasteiger partial charge in [-0.2, -0.15) is 18.4 Å². The van der Waals surface area contributed by atoms with Gasteiger partial charge < -0.3 is 24.0 Å². The maximum Gasteiger partial charge on any atom is 0.416 e. The van der Waals surface area contributed by atoms with E-state index >= 15 is 4.39 Å². The Balaban J connectivity index is 1.32. The number of carbonyl (C=O) groups excluding carboxylic acids is 1. The predicted octanol–water partition coefficient (Wildman–Crippen LogP) is 5.63. The maximum absolute atomic E-state index is 17.7. The summed E-state index contributed by atoms with van der Waals surface area (Å²) in [5.41, 5.74) is -1.09. The van der Waals surface area contributed by atoms with E-state index in [4.69, 9.17) is 14.2 Å². The molecule has 0 unspecified atom stereocenters. The number of nitriles is 1. The molecule has 0 aliphatic carbocycles. The van der Waals surface area contributed by atoms with Gasteiger partial charge in [0.25, 0.3) is 5.91 Å². The molecule has 0 bridgehead atoms.